The number of aryl methyl sites for hydroxylation is 2. The molecule has 32 heavy (non-hydrogen) atoms. The molecule has 1 aliphatic rings. The molecule has 2 atom stereocenters. The summed E-state index contributed by atoms with van der Waals surface area (Å²) in [4.78, 5) is 11.3. The van der Waals surface area contributed by atoms with Crippen LogP contribution in [0.25, 0.3) is 11.0 Å². The molecular formula is C25H28FNO5. The van der Waals surface area contributed by atoms with Gasteiger partial charge < -0.3 is 19.1 Å². The number of carbonyl (C=O) groups is 1. The van der Waals surface area contributed by atoms with Gasteiger partial charge in [0.2, 0.25) is 0 Å². The number of ether oxygens (including phenoxy) is 2. The van der Waals surface area contributed by atoms with E-state index in [2.05, 4.69) is 5.16 Å². The Labute approximate surface area is 186 Å². The maximum atomic E-state index is 13.7. The van der Waals surface area contributed by atoms with Crippen molar-refractivity contribution in [3.05, 3.63) is 53.0 Å². The normalized spacial score (nSPS) is 16.2. The summed E-state index contributed by atoms with van der Waals surface area (Å²) in [6.07, 6.45) is 4.02. The Balaban J connectivity index is 1.31. The molecule has 0 spiro atoms. The number of hydrogen-bond acceptors (Lipinski definition) is 5. The molecule has 0 saturated carbocycles. The third kappa shape index (κ3) is 4.42. The van der Waals surface area contributed by atoms with Gasteiger partial charge in [0.15, 0.2) is 5.58 Å². The number of aromatic nitrogens is 1. The van der Waals surface area contributed by atoms with Crippen LogP contribution in [0.2, 0.25) is 0 Å². The number of benzene rings is 2. The summed E-state index contributed by atoms with van der Waals surface area (Å²) in [6, 6.07) is 9.34. The van der Waals surface area contributed by atoms with E-state index < -0.39 is 11.9 Å². The highest BCUT2D eigenvalue weighted by Crippen LogP contribution is 2.40. The second-order valence-corrected chi connectivity index (χ2v) is 8.33. The van der Waals surface area contributed by atoms with Crippen LogP contribution >= 0.6 is 0 Å². The zero-order chi connectivity index (χ0) is 22.7. The number of carboxylic acid groups (broad SMARTS) is 1. The van der Waals surface area contributed by atoms with Crippen molar-refractivity contribution < 1.29 is 28.3 Å². The van der Waals surface area contributed by atoms with Gasteiger partial charge in [-0.1, -0.05) is 26.3 Å². The van der Waals surface area contributed by atoms with Crippen LogP contribution in [0.4, 0.5) is 4.39 Å². The first-order chi connectivity index (χ1) is 15.5. The van der Waals surface area contributed by atoms with E-state index in [4.69, 9.17) is 14.0 Å². The molecule has 4 rings (SSSR count). The minimum Gasteiger partial charge on any atom is -0.493 e. The summed E-state index contributed by atoms with van der Waals surface area (Å²) in [5.74, 6) is -0.194. The van der Waals surface area contributed by atoms with Crippen LogP contribution in [0.5, 0.6) is 11.5 Å². The van der Waals surface area contributed by atoms with Gasteiger partial charge in [0.25, 0.3) is 5.95 Å². The summed E-state index contributed by atoms with van der Waals surface area (Å²) < 4.78 is 30.7. The van der Waals surface area contributed by atoms with E-state index in [1.807, 2.05) is 25.1 Å². The first-order valence-corrected chi connectivity index (χ1v) is 11.2. The lowest BCUT2D eigenvalue weighted by molar-refractivity contribution is -0.141. The van der Waals surface area contributed by atoms with Gasteiger partial charge >= 0.3 is 5.97 Å². The third-order valence-corrected chi connectivity index (χ3v) is 6.20. The Kier molecular flexibility index (Phi) is 6.63. The predicted octanol–water partition coefficient (Wildman–Crippen LogP) is 5.52. The molecule has 6 nitrogen and oxygen atoms in total. The van der Waals surface area contributed by atoms with Crippen molar-refractivity contribution in [2.45, 2.75) is 51.9 Å². The second-order valence-electron chi connectivity index (χ2n) is 8.33. The van der Waals surface area contributed by atoms with Crippen molar-refractivity contribution in [1.29, 1.82) is 0 Å². The van der Waals surface area contributed by atoms with Gasteiger partial charge in [0, 0.05) is 12.0 Å². The van der Waals surface area contributed by atoms with E-state index >= 15 is 0 Å². The van der Waals surface area contributed by atoms with E-state index in [0.29, 0.717) is 42.8 Å². The average molecular weight is 441 g/mol. The molecule has 0 saturated heterocycles. The van der Waals surface area contributed by atoms with Crippen LogP contribution in [0.15, 0.2) is 34.9 Å². The molecule has 7 heteroatoms. The summed E-state index contributed by atoms with van der Waals surface area (Å²) in [5, 5.41) is 13.1. The lowest BCUT2D eigenvalue weighted by Gasteiger charge is -2.16. The third-order valence-electron chi connectivity index (χ3n) is 6.20. The fourth-order valence-corrected chi connectivity index (χ4v) is 4.47. The van der Waals surface area contributed by atoms with Gasteiger partial charge in [-0.05, 0) is 65.7 Å². The second kappa shape index (κ2) is 9.59. The molecule has 1 heterocycles. The number of fused-ring (bicyclic) bond motifs is 2. The molecule has 1 N–H and O–H groups in total. The molecule has 0 radical (unpaired) electrons. The maximum absolute atomic E-state index is 13.7. The summed E-state index contributed by atoms with van der Waals surface area (Å²) in [5.41, 5.74) is 3.59. The van der Waals surface area contributed by atoms with Crippen molar-refractivity contribution in [3.8, 4) is 11.5 Å². The first kappa shape index (κ1) is 22.1. The SMILES string of the molecule is CCCc1c(OCCCOc2ccc3c(c2)CCC3[C@H](C)C(=O)O)ccc2c(F)noc12. The highest BCUT2D eigenvalue weighted by molar-refractivity contribution is 5.82. The number of aliphatic carboxylic acids is 1. The smallest absolute Gasteiger partial charge is 0.306 e. The number of carboxylic acids is 1. The fourth-order valence-electron chi connectivity index (χ4n) is 4.47. The van der Waals surface area contributed by atoms with Crippen LogP contribution in [-0.4, -0.2) is 29.4 Å². The number of rotatable bonds is 10. The van der Waals surface area contributed by atoms with Crippen molar-refractivity contribution in [2.75, 3.05) is 13.2 Å². The molecule has 170 valence electrons. The Morgan fingerprint density at radius 3 is 2.88 bits per heavy atom. The van der Waals surface area contributed by atoms with Gasteiger partial charge in [-0.3, -0.25) is 4.79 Å². The van der Waals surface area contributed by atoms with Crippen molar-refractivity contribution in [2.24, 2.45) is 5.92 Å². The highest BCUT2D eigenvalue weighted by Gasteiger charge is 2.31. The number of nitrogens with zero attached hydrogens (tertiary/aromatic N) is 1. The summed E-state index contributed by atoms with van der Waals surface area (Å²) in [7, 11) is 0. The molecule has 0 aliphatic heterocycles. The first-order valence-electron chi connectivity index (χ1n) is 11.2. The zero-order valence-corrected chi connectivity index (χ0v) is 18.4. The van der Waals surface area contributed by atoms with E-state index in [0.717, 1.165) is 36.1 Å². The summed E-state index contributed by atoms with van der Waals surface area (Å²) in [6.45, 7) is 4.78. The van der Waals surface area contributed by atoms with Gasteiger partial charge in [-0.25, -0.2) is 0 Å². The minimum absolute atomic E-state index is 0.0671. The van der Waals surface area contributed by atoms with Crippen molar-refractivity contribution in [1.82, 2.24) is 5.16 Å². The van der Waals surface area contributed by atoms with Crippen LogP contribution in [-0.2, 0) is 17.6 Å². The minimum atomic E-state index is -0.752. The van der Waals surface area contributed by atoms with E-state index in [9.17, 15) is 14.3 Å². The van der Waals surface area contributed by atoms with Gasteiger partial charge in [0.1, 0.15) is 11.5 Å². The topological polar surface area (TPSA) is 81.8 Å². The van der Waals surface area contributed by atoms with Gasteiger partial charge in [-0.15, -0.1) is 0 Å². The lowest BCUT2D eigenvalue weighted by Crippen LogP contribution is -2.17. The van der Waals surface area contributed by atoms with Crippen LogP contribution in [0.1, 0.15) is 55.7 Å². The van der Waals surface area contributed by atoms with Crippen molar-refractivity contribution >= 4 is 16.9 Å². The quantitative estimate of drug-likeness (QED) is 0.417. The lowest BCUT2D eigenvalue weighted by atomic mass is 9.89. The zero-order valence-electron chi connectivity index (χ0n) is 18.4. The van der Waals surface area contributed by atoms with Gasteiger partial charge in [-0.2, -0.15) is 4.39 Å². The molecule has 0 bridgehead atoms. The monoisotopic (exact) mass is 441 g/mol. The fraction of sp³-hybridized carbons (Fsp3) is 0.440. The Morgan fingerprint density at radius 1 is 1.28 bits per heavy atom. The largest absolute Gasteiger partial charge is 0.493 e. The van der Waals surface area contributed by atoms with E-state index in [1.165, 1.54) is 5.56 Å². The maximum Gasteiger partial charge on any atom is 0.306 e. The Morgan fingerprint density at radius 2 is 2.09 bits per heavy atom. The number of halogens is 1. The molecule has 1 aromatic heterocycles. The molecule has 2 aromatic carbocycles. The average Bonchev–Trinajstić information content (AvgIpc) is 3.37. The Bertz CT molecular complexity index is 1110. The molecular weight excluding hydrogens is 413 g/mol. The Hall–Kier alpha value is -3.09. The molecule has 1 unspecified atom stereocenters. The van der Waals surface area contributed by atoms with Crippen LogP contribution in [0.3, 0.4) is 0 Å². The molecule has 0 amide bonds. The highest BCUT2D eigenvalue weighted by atomic mass is 19.1. The number of hydrogen-bond donors (Lipinski definition) is 1. The standard InChI is InChI=1S/C25H28FNO5/c1-3-5-20-22(11-10-21-23(20)32-27-24(21)26)31-13-4-12-30-17-7-9-19-16(14-17)6-8-18(19)15(2)25(28)29/h7,9-11,14-15,18H,3-6,8,12-13H2,1-2H3,(H,28,29)/t15-,18?/m0/s1. The molecule has 0 fully saturated rings. The predicted molar refractivity (Wildman–Crippen MR) is 118 cm³/mol. The van der Waals surface area contributed by atoms with E-state index in [-0.39, 0.29) is 11.8 Å². The molecule has 3 aromatic rings. The summed E-state index contributed by atoms with van der Waals surface area (Å²) >= 11 is 0. The van der Waals surface area contributed by atoms with Gasteiger partial charge in [0.05, 0.1) is 24.5 Å². The molecule has 1 aliphatic carbocycles. The van der Waals surface area contributed by atoms with Crippen LogP contribution in [0, 0.1) is 11.9 Å². The van der Waals surface area contributed by atoms with Crippen LogP contribution < -0.4 is 9.47 Å². The van der Waals surface area contributed by atoms with Crippen molar-refractivity contribution in [3.63, 3.8) is 0 Å². The van der Waals surface area contributed by atoms with E-state index in [1.54, 1.807) is 19.1 Å².